The molecule has 0 aliphatic carbocycles. The Morgan fingerprint density at radius 2 is 2.11 bits per heavy atom. The monoisotopic (exact) mass is 484 g/mol. The molecule has 2 saturated heterocycles. The van der Waals surface area contributed by atoms with Gasteiger partial charge in [-0.05, 0) is 58.9 Å². The molecule has 0 saturated carbocycles. The van der Waals surface area contributed by atoms with Crippen LogP contribution in [-0.4, -0.2) is 51.3 Å². The lowest BCUT2D eigenvalue weighted by Gasteiger charge is -2.35. The third-order valence-electron chi connectivity index (χ3n) is 7.95. The Hall–Kier alpha value is -2.06. The van der Waals surface area contributed by atoms with Crippen molar-refractivity contribution in [3.8, 4) is 0 Å². The number of hydrogen-bond acceptors (Lipinski definition) is 6. The van der Waals surface area contributed by atoms with Crippen LogP contribution in [-0.2, 0) is 16.0 Å². The number of piperidine rings is 1. The van der Waals surface area contributed by atoms with Crippen LogP contribution in [0.1, 0.15) is 108 Å². The third kappa shape index (κ3) is 6.39. The predicted molar refractivity (Wildman–Crippen MR) is 137 cm³/mol. The van der Waals surface area contributed by atoms with Crippen LogP contribution in [0.2, 0.25) is 0 Å². The van der Waals surface area contributed by atoms with Gasteiger partial charge in [0.25, 0.3) is 5.78 Å². The summed E-state index contributed by atoms with van der Waals surface area (Å²) < 4.78 is 7.81. The fraction of sp³-hybridized carbons (Fsp3) is 0.778. The summed E-state index contributed by atoms with van der Waals surface area (Å²) in [6.07, 6.45) is 11.0. The number of imidazole rings is 1. The standard InChI is InChI=1S/C27H44N6O2/c1-6-18(2)9-7-11-21(28-5)23-17-33-26(30-23)31-24(20-12-14-35-27(3,4)16-20)22(32-33)15-19-10-8-13-29-25(19)34/h17-21,28H,6-16H2,1-5H3,(H,29,34). The molecule has 2 aromatic heterocycles. The van der Waals surface area contributed by atoms with E-state index in [4.69, 9.17) is 19.8 Å². The van der Waals surface area contributed by atoms with Crippen molar-refractivity contribution in [1.29, 1.82) is 0 Å². The molecule has 8 nitrogen and oxygen atoms in total. The molecule has 4 rings (SSSR count). The Morgan fingerprint density at radius 3 is 2.83 bits per heavy atom. The maximum absolute atomic E-state index is 12.5. The van der Waals surface area contributed by atoms with Crippen molar-refractivity contribution in [2.75, 3.05) is 20.2 Å². The van der Waals surface area contributed by atoms with E-state index < -0.39 is 0 Å². The number of carbonyl (C=O) groups excluding carboxylic acids is 1. The number of carbonyl (C=O) groups is 1. The number of ether oxygens (including phenoxy) is 1. The van der Waals surface area contributed by atoms with Crippen LogP contribution in [0.15, 0.2) is 6.20 Å². The lowest BCUT2D eigenvalue weighted by Crippen LogP contribution is -2.38. The lowest BCUT2D eigenvalue weighted by atomic mass is 9.83. The largest absolute Gasteiger partial charge is 0.376 e. The van der Waals surface area contributed by atoms with Gasteiger partial charge in [0.2, 0.25) is 5.91 Å². The highest BCUT2D eigenvalue weighted by Gasteiger charge is 2.34. The van der Waals surface area contributed by atoms with Gasteiger partial charge in [-0.3, -0.25) is 4.79 Å². The molecule has 4 unspecified atom stereocenters. The highest BCUT2D eigenvalue weighted by atomic mass is 16.5. The Bertz CT molecular complexity index is 1000. The van der Waals surface area contributed by atoms with Gasteiger partial charge in [-0.25, -0.2) is 14.5 Å². The molecule has 4 atom stereocenters. The number of fused-ring (bicyclic) bond motifs is 1. The van der Waals surface area contributed by atoms with Gasteiger partial charge in [0.05, 0.1) is 34.9 Å². The summed E-state index contributed by atoms with van der Waals surface area (Å²) >= 11 is 0. The molecule has 0 radical (unpaired) electrons. The molecule has 2 aliphatic rings. The number of hydrogen-bond donors (Lipinski definition) is 2. The number of nitrogens with zero attached hydrogens (tertiary/aromatic N) is 4. The summed E-state index contributed by atoms with van der Waals surface area (Å²) in [5, 5.41) is 11.5. The summed E-state index contributed by atoms with van der Waals surface area (Å²) in [4.78, 5) is 22.5. The van der Waals surface area contributed by atoms with Crippen molar-refractivity contribution in [2.45, 2.75) is 103 Å². The Labute approximate surface area is 210 Å². The minimum atomic E-state index is -0.191. The van der Waals surface area contributed by atoms with Crippen LogP contribution in [0, 0.1) is 11.8 Å². The summed E-state index contributed by atoms with van der Waals surface area (Å²) in [6, 6.07) is 0.181. The first-order valence-corrected chi connectivity index (χ1v) is 13.6. The summed E-state index contributed by atoms with van der Waals surface area (Å²) in [7, 11) is 2.00. The molecule has 0 bridgehead atoms. The summed E-state index contributed by atoms with van der Waals surface area (Å²) in [5.74, 6) is 1.75. The molecule has 0 aromatic carbocycles. The molecule has 194 valence electrons. The second-order valence-corrected chi connectivity index (χ2v) is 11.3. The van der Waals surface area contributed by atoms with Crippen molar-refractivity contribution < 1.29 is 9.53 Å². The van der Waals surface area contributed by atoms with Gasteiger partial charge in [0, 0.05) is 31.4 Å². The van der Waals surface area contributed by atoms with Crippen molar-refractivity contribution in [1.82, 2.24) is 30.2 Å². The average Bonchev–Trinajstić information content (AvgIpc) is 3.24. The Kier molecular flexibility index (Phi) is 8.42. The van der Waals surface area contributed by atoms with Crippen LogP contribution < -0.4 is 10.6 Å². The maximum Gasteiger partial charge on any atom is 0.251 e. The van der Waals surface area contributed by atoms with Crippen LogP contribution in [0.4, 0.5) is 0 Å². The molecule has 35 heavy (non-hydrogen) atoms. The van der Waals surface area contributed by atoms with Gasteiger partial charge >= 0.3 is 0 Å². The lowest BCUT2D eigenvalue weighted by molar-refractivity contribution is -0.126. The molecule has 4 heterocycles. The van der Waals surface area contributed by atoms with Gasteiger partial charge in [0.15, 0.2) is 0 Å². The molecule has 2 aliphatic heterocycles. The van der Waals surface area contributed by atoms with E-state index >= 15 is 0 Å². The minimum Gasteiger partial charge on any atom is -0.376 e. The minimum absolute atomic E-state index is 0.0456. The number of nitrogens with one attached hydrogen (secondary N) is 2. The van der Waals surface area contributed by atoms with E-state index in [1.54, 1.807) is 0 Å². The van der Waals surface area contributed by atoms with E-state index in [-0.39, 0.29) is 29.4 Å². The Balaban J connectivity index is 1.63. The van der Waals surface area contributed by atoms with Crippen LogP contribution >= 0.6 is 0 Å². The molecule has 2 N–H and O–H groups in total. The van der Waals surface area contributed by atoms with Gasteiger partial charge in [-0.15, -0.1) is 0 Å². The van der Waals surface area contributed by atoms with E-state index in [1.165, 1.54) is 19.3 Å². The average molecular weight is 485 g/mol. The third-order valence-corrected chi connectivity index (χ3v) is 7.95. The Morgan fingerprint density at radius 1 is 1.29 bits per heavy atom. The van der Waals surface area contributed by atoms with Crippen molar-refractivity contribution >= 4 is 11.7 Å². The zero-order valence-corrected chi connectivity index (χ0v) is 22.3. The second-order valence-electron chi connectivity index (χ2n) is 11.3. The molecule has 0 spiro atoms. The highest BCUT2D eigenvalue weighted by Crippen LogP contribution is 2.37. The first-order chi connectivity index (χ1) is 16.8. The fourth-order valence-electron chi connectivity index (χ4n) is 5.57. The smallest absolute Gasteiger partial charge is 0.251 e. The van der Waals surface area contributed by atoms with Crippen molar-refractivity contribution in [3.05, 3.63) is 23.3 Å². The normalized spacial score (nSPS) is 24.3. The maximum atomic E-state index is 12.5. The molecular formula is C27H44N6O2. The van der Waals surface area contributed by atoms with E-state index in [1.807, 2.05) is 17.8 Å². The van der Waals surface area contributed by atoms with Gasteiger partial charge in [0.1, 0.15) is 0 Å². The molecule has 8 heteroatoms. The number of aromatic nitrogens is 4. The van der Waals surface area contributed by atoms with E-state index in [2.05, 4.69) is 38.3 Å². The molecule has 2 aromatic rings. The zero-order valence-electron chi connectivity index (χ0n) is 22.3. The summed E-state index contributed by atoms with van der Waals surface area (Å²) in [6.45, 7) is 10.3. The first kappa shape index (κ1) is 26.0. The fourth-order valence-corrected chi connectivity index (χ4v) is 5.57. The molecular weight excluding hydrogens is 440 g/mol. The van der Waals surface area contributed by atoms with Crippen molar-refractivity contribution in [3.63, 3.8) is 0 Å². The number of amides is 1. The van der Waals surface area contributed by atoms with E-state index in [0.29, 0.717) is 18.8 Å². The van der Waals surface area contributed by atoms with Crippen LogP contribution in [0.3, 0.4) is 0 Å². The second kappa shape index (κ2) is 11.3. The van der Waals surface area contributed by atoms with E-state index in [0.717, 1.165) is 61.6 Å². The SMILES string of the molecule is CCC(C)CCCC(NC)c1cn2nc(CC3CCCNC3=O)c(C3CCOC(C)(C)C3)nc2n1. The van der Waals surface area contributed by atoms with Gasteiger partial charge < -0.3 is 15.4 Å². The number of rotatable bonds is 10. The van der Waals surface area contributed by atoms with Crippen LogP contribution in [0.25, 0.3) is 5.78 Å². The van der Waals surface area contributed by atoms with Gasteiger partial charge in [-0.2, -0.15) is 5.10 Å². The highest BCUT2D eigenvalue weighted by molar-refractivity contribution is 5.79. The first-order valence-electron chi connectivity index (χ1n) is 13.6. The van der Waals surface area contributed by atoms with Crippen molar-refractivity contribution in [2.24, 2.45) is 11.8 Å². The topological polar surface area (TPSA) is 93.4 Å². The molecule has 1 amide bonds. The molecule has 2 fully saturated rings. The predicted octanol–water partition coefficient (Wildman–Crippen LogP) is 4.34. The summed E-state index contributed by atoms with van der Waals surface area (Å²) in [5.41, 5.74) is 2.73. The van der Waals surface area contributed by atoms with Crippen LogP contribution in [0.5, 0.6) is 0 Å². The van der Waals surface area contributed by atoms with Gasteiger partial charge in [-0.1, -0.05) is 33.1 Å². The quantitative estimate of drug-likeness (QED) is 0.521. The van der Waals surface area contributed by atoms with E-state index in [9.17, 15) is 4.79 Å². The zero-order chi connectivity index (χ0) is 25.0.